The van der Waals surface area contributed by atoms with E-state index in [1.165, 1.54) is 90.0 Å². The van der Waals surface area contributed by atoms with Crippen LogP contribution < -0.4 is 0 Å². The van der Waals surface area contributed by atoms with Crippen LogP contribution in [0.5, 0.6) is 0 Å². The highest BCUT2D eigenvalue weighted by Gasteiger charge is 2.61. The van der Waals surface area contributed by atoms with Crippen LogP contribution >= 0.6 is 0 Å². The summed E-state index contributed by atoms with van der Waals surface area (Å²) in [5.74, 6) is 9.04. The highest BCUT2D eigenvalue weighted by atomic mass is 16.5. The van der Waals surface area contributed by atoms with Crippen molar-refractivity contribution < 1.29 is 9.47 Å². The molecule has 0 N–H and O–H groups in total. The van der Waals surface area contributed by atoms with Crippen molar-refractivity contribution in [1.29, 1.82) is 0 Å². The minimum Gasteiger partial charge on any atom is -0.381 e. The Morgan fingerprint density at radius 2 is 1.42 bits per heavy atom. The van der Waals surface area contributed by atoms with Gasteiger partial charge in [0.15, 0.2) is 0 Å². The maximum atomic E-state index is 6.80. The number of fused-ring (bicyclic) bond motifs is 10. The van der Waals surface area contributed by atoms with Crippen LogP contribution in [0.15, 0.2) is 0 Å². The Kier molecular flexibility index (Phi) is 6.27. The maximum Gasteiger partial charge on any atom is 0.0613 e. The Hall–Kier alpha value is -0.120. The molecule has 0 aromatic carbocycles. The normalized spacial score (nSPS) is 56.2. The van der Waals surface area contributed by atoms with Crippen molar-refractivity contribution in [2.75, 3.05) is 13.7 Å². The summed E-state index contributed by atoms with van der Waals surface area (Å²) in [5.41, 5.74) is 0. The second kappa shape index (κ2) is 9.51. The predicted molar refractivity (Wildman–Crippen MR) is 144 cm³/mol. The van der Waals surface area contributed by atoms with Crippen LogP contribution in [0, 0.1) is 53.3 Å². The monoisotopic (exact) mass is 495 g/mol. The van der Waals surface area contributed by atoms with Gasteiger partial charge in [0.05, 0.1) is 18.3 Å². The summed E-state index contributed by atoms with van der Waals surface area (Å²) in [5, 5.41) is 0. The third-order valence-corrected chi connectivity index (χ3v) is 13.9. The Morgan fingerprint density at radius 3 is 2.28 bits per heavy atom. The van der Waals surface area contributed by atoms with Gasteiger partial charge in [0.2, 0.25) is 0 Å². The van der Waals surface area contributed by atoms with Gasteiger partial charge in [0.25, 0.3) is 0 Å². The fourth-order valence-electron chi connectivity index (χ4n) is 12.6. The molecule has 8 aliphatic rings. The van der Waals surface area contributed by atoms with Crippen LogP contribution in [-0.4, -0.2) is 49.0 Å². The van der Waals surface area contributed by atoms with Crippen LogP contribution in [0.3, 0.4) is 0 Å². The number of methoxy groups -OCH3 is 1. The van der Waals surface area contributed by atoms with Gasteiger partial charge >= 0.3 is 0 Å². The molecule has 2 saturated heterocycles. The molecule has 0 bridgehead atoms. The van der Waals surface area contributed by atoms with E-state index in [4.69, 9.17) is 9.47 Å². The fourth-order valence-corrected chi connectivity index (χ4v) is 12.6. The van der Waals surface area contributed by atoms with Crippen molar-refractivity contribution >= 4 is 0 Å². The molecule has 8 fully saturated rings. The first-order valence-corrected chi connectivity index (χ1v) is 16.7. The predicted octanol–water partition coefficient (Wildman–Crippen LogP) is 7.08. The van der Waals surface area contributed by atoms with E-state index in [-0.39, 0.29) is 0 Å². The SMILES string of the molecule is COC1CCC(CN2C3CCCCC3C3C4CC5CC6OC7CCCCC7C6CC5C4CCC32)CC1. The van der Waals surface area contributed by atoms with Gasteiger partial charge in [0.1, 0.15) is 0 Å². The van der Waals surface area contributed by atoms with Crippen molar-refractivity contribution in [3.8, 4) is 0 Å². The molecular weight excluding hydrogens is 442 g/mol. The molecule has 3 nitrogen and oxygen atoms in total. The minimum absolute atomic E-state index is 0.541. The van der Waals surface area contributed by atoms with Crippen molar-refractivity contribution in [3.05, 3.63) is 0 Å². The number of hydrogen-bond acceptors (Lipinski definition) is 3. The van der Waals surface area contributed by atoms with Crippen molar-refractivity contribution in [2.45, 2.75) is 140 Å². The lowest BCUT2D eigenvalue weighted by Gasteiger charge is -2.44. The molecule has 6 aliphatic carbocycles. The molecule has 202 valence electrons. The van der Waals surface area contributed by atoms with Gasteiger partial charge in [-0.2, -0.15) is 0 Å². The average Bonchev–Trinajstić information content (AvgIpc) is 3.57. The molecule has 2 aliphatic heterocycles. The van der Waals surface area contributed by atoms with Crippen LogP contribution in [0.1, 0.15) is 109 Å². The van der Waals surface area contributed by atoms with E-state index in [1.54, 1.807) is 25.7 Å². The summed E-state index contributed by atoms with van der Waals surface area (Å²) < 4.78 is 12.5. The number of ether oxygens (including phenoxy) is 2. The van der Waals surface area contributed by atoms with Gasteiger partial charge in [0, 0.05) is 25.7 Å². The summed E-state index contributed by atoms with van der Waals surface area (Å²) in [4.78, 5) is 3.18. The largest absolute Gasteiger partial charge is 0.381 e. The Morgan fingerprint density at radius 1 is 0.611 bits per heavy atom. The number of likely N-dealkylation sites (tertiary alicyclic amines) is 1. The maximum absolute atomic E-state index is 6.80. The smallest absolute Gasteiger partial charge is 0.0613 e. The van der Waals surface area contributed by atoms with E-state index < -0.39 is 0 Å². The van der Waals surface area contributed by atoms with Crippen LogP contribution in [-0.2, 0) is 9.47 Å². The average molecular weight is 496 g/mol. The van der Waals surface area contributed by atoms with Crippen LogP contribution in [0.4, 0.5) is 0 Å². The number of rotatable bonds is 3. The van der Waals surface area contributed by atoms with Crippen LogP contribution in [0.25, 0.3) is 0 Å². The zero-order chi connectivity index (χ0) is 23.8. The molecule has 2 heterocycles. The van der Waals surface area contributed by atoms with Gasteiger partial charge in [-0.1, -0.05) is 25.7 Å². The second-order valence-corrected chi connectivity index (χ2v) is 15.1. The first kappa shape index (κ1) is 23.7. The summed E-state index contributed by atoms with van der Waals surface area (Å²) in [7, 11) is 1.92. The van der Waals surface area contributed by atoms with E-state index >= 15 is 0 Å². The number of hydrogen-bond donors (Lipinski definition) is 0. The molecule has 6 saturated carbocycles. The lowest BCUT2D eigenvalue weighted by atomic mass is 9.62. The molecule has 36 heavy (non-hydrogen) atoms. The summed E-state index contributed by atoms with van der Waals surface area (Å²) in [6.07, 6.45) is 26.7. The van der Waals surface area contributed by atoms with E-state index in [0.717, 1.165) is 65.3 Å². The minimum atomic E-state index is 0.541. The van der Waals surface area contributed by atoms with Crippen molar-refractivity contribution in [3.63, 3.8) is 0 Å². The molecule has 0 aromatic heterocycles. The van der Waals surface area contributed by atoms with Crippen molar-refractivity contribution in [1.82, 2.24) is 4.90 Å². The van der Waals surface area contributed by atoms with E-state index in [2.05, 4.69) is 4.90 Å². The van der Waals surface area contributed by atoms with Gasteiger partial charge in [-0.15, -0.1) is 0 Å². The first-order chi connectivity index (χ1) is 17.8. The molecule has 12 unspecified atom stereocenters. The zero-order valence-electron chi connectivity index (χ0n) is 23.1. The summed E-state index contributed by atoms with van der Waals surface area (Å²) in [6.45, 7) is 1.42. The van der Waals surface area contributed by atoms with E-state index in [0.29, 0.717) is 18.3 Å². The van der Waals surface area contributed by atoms with Gasteiger partial charge in [-0.05, 0) is 137 Å². The number of nitrogens with zero attached hydrogens (tertiary/aromatic N) is 1. The Bertz CT molecular complexity index is 793. The third kappa shape index (κ3) is 3.75. The summed E-state index contributed by atoms with van der Waals surface area (Å²) in [6, 6.07) is 1.86. The van der Waals surface area contributed by atoms with E-state index in [1.807, 2.05) is 7.11 Å². The third-order valence-electron chi connectivity index (χ3n) is 13.9. The lowest BCUT2D eigenvalue weighted by molar-refractivity contribution is -0.0156. The van der Waals surface area contributed by atoms with Crippen LogP contribution in [0.2, 0.25) is 0 Å². The highest BCUT2D eigenvalue weighted by molar-refractivity contribution is 5.12. The second-order valence-electron chi connectivity index (χ2n) is 15.1. The zero-order valence-corrected chi connectivity index (χ0v) is 23.1. The molecule has 0 spiro atoms. The van der Waals surface area contributed by atoms with Gasteiger partial charge in [-0.3, -0.25) is 4.90 Å². The first-order valence-electron chi connectivity index (χ1n) is 16.7. The van der Waals surface area contributed by atoms with Gasteiger partial charge < -0.3 is 9.47 Å². The topological polar surface area (TPSA) is 21.7 Å². The Balaban J connectivity index is 1.00. The Labute approximate surface area is 220 Å². The van der Waals surface area contributed by atoms with E-state index in [9.17, 15) is 0 Å². The van der Waals surface area contributed by atoms with Gasteiger partial charge in [-0.25, -0.2) is 0 Å². The molecule has 3 heteroatoms. The molecule has 8 rings (SSSR count). The highest BCUT2D eigenvalue weighted by Crippen LogP contribution is 2.64. The quantitative estimate of drug-likeness (QED) is 0.417. The molecule has 0 radical (unpaired) electrons. The molecule has 12 atom stereocenters. The molecule has 0 aromatic rings. The standard InChI is InChI=1S/C33H53NO2/c1-35-22-12-10-20(11-13-22)19-34-29-8-4-2-7-25(29)33-28-16-21-17-32-27(24-6-3-5-9-31(24)36-32)18-26(21)23(28)14-15-30(33)34/h20-33H,2-19H2,1H3. The fraction of sp³-hybridized carbons (Fsp3) is 1.00. The van der Waals surface area contributed by atoms with Crippen molar-refractivity contribution in [2.24, 2.45) is 53.3 Å². The lowest BCUT2D eigenvalue weighted by Crippen LogP contribution is -2.45. The summed E-state index contributed by atoms with van der Waals surface area (Å²) >= 11 is 0. The molecular formula is C33H53NO2. The molecule has 0 amide bonds.